The fraction of sp³-hybridized carbons (Fsp3) is 0.143. The number of para-hydroxylation sites is 1. The minimum atomic E-state index is -0.459. The van der Waals surface area contributed by atoms with Gasteiger partial charge in [-0.15, -0.1) is 11.3 Å². The van der Waals surface area contributed by atoms with Crippen LogP contribution >= 0.6 is 11.3 Å². The van der Waals surface area contributed by atoms with E-state index in [0.717, 1.165) is 5.00 Å². The third-order valence-electron chi connectivity index (χ3n) is 2.43. The number of amides is 2. The maximum atomic E-state index is 11.8. The highest BCUT2D eigenvalue weighted by Gasteiger charge is 2.13. The molecule has 0 unspecified atom stereocenters. The summed E-state index contributed by atoms with van der Waals surface area (Å²) in [5.41, 5.74) is 0.746. The number of thiophene rings is 1. The highest BCUT2D eigenvalue weighted by molar-refractivity contribution is 7.14. The van der Waals surface area contributed by atoms with Gasteiger partial charge in [0.25, 0.3) is 0 Å². The first kappa shape index (κ1) is 14.1. The van der Waals surface area contributed by atoms with Gasteiger partial charge in [0.15, 0.2) is 0 Å². The predicted molar refractivity (Wildman–Crippen MR) is 79.4 cm³/mol. The van der Waals surface area contributed by atoms with Crippen LogP contribution in [0.4, 0.5) is 15.5 Å². The van der Waals surface area contributed by atoms with Crippen molar-refractivity contribution < 1.29 is 14.3 Å². The van der Waals surface area contributed by atoms with Crippen LogP contribution < -0.4 is 10.6 Å². The summed E-state index contributed by atoms with van der Waals surface area (Å²) in [6.45, 7) is 2.02. The number of carbonyl (C=O) groups excluding carboxylic acids is 2. The van der Waals surface area contributed by atoms with Crippen molar-refractivity contribution in [2.24, 2.45) is 0 Å². The molecule has 2 N–H and O–H groups in total. The first-order chi connectivity index (χ1) is 9.70. The number of esters is 1. The SMILES string of the molecule is CCOC(=O)c1ccccc1NC(=O)Nc1cccs1. The Bertz CT molecular complexity index is 596. The van der Waals surface area contributed by atoms with E-state index in [9.17, 15) is 9.59 Å². The van der Waals surface area contributed by atoms with Crippen LogP contribution in [0.3, 0.4) is 0 Å². The third kappa shape index (κ3) is 3.58. The molecule has 20 heavy (non-hydrogen) atoms. The van der Waals surface area contributed by atoms with Gasteiger partial charge >= 0.3 is 12.0 Å². The molecule has 2 aromatic rings. The molecule has 0 bridgehead atoms. The molecule has 0 saturated carbocycles. The molecule has 0 atom stereocenters. The van der Waals surface area contributed by atoms with Gasteiger partial charge in [-0.3, -0.25) is 5.32 Å². The Hall–Kier alpha value is -2.34. The van der Waals surface area contributed by atoms with Crippen LogP contribution in [0.5, 0.6) is 0 Å². The fourth-order valence-electron chi connectivity index (χ4n) is 1.59. The zero-order valence-corrected chi connectivity index (χ0v) is 11.7. The second-order valence-electron chi connectivity index (χ2n) is 3.82. The van der Waals surface area contributed by atoms with E-state index < -0.39 is 12.0 Å². The Morgan fingerprint density at radius 1 is 1.15 bits per heavy atom. The molecular weight excluding hydrogens is 276 g/mol. The molecule has 5 nitrogen and oxygen atoms in total. The van der Waals surface area contributed by atoms with Gasteiger partial charge in [-0.05, 0) is 36.6 Å². The summed E-state index contributed by atoms with van der Waals surface area (Å²) >= 11 is 1.42. The van der Waals surface area contributed by atoms with E-state index in [0.29, 0.717) is 11.3 Å². The number of rotatable bonds is 4. The number of hydrogen-bond donors (Lipinski definition) is 2. The van der Waals surface area contributed by atoms with Crippen molar-refractivity contribution in [2.45, 2.75) is 6.92 Å². The van der Waals surface area contributed by atoms with Gasteiger partial charge in [0.1, 0.15) is 0 Å². The quantitative estimate of drug-likeness (QED) is 0.846. The normalized spacial score (nSPS) is 9.85. The molecule has 0 aliphatic rings. The minimum Gasteiger partial charge on any atom is -0.462 e. The number of ether oxygens (including phenoxy) is 1. The molecule has 1 aromatic heterocycles. The van der Waals surface area contributed by atoms with E-state index in [1.165, 1.54) is 11.3 Å². The lowest BCUT2D eigenvalue weighted by Gasteiger charge is -2.10. The van der Waals surface area contributed by atoms with Crippen LogP contribution in [0.15, 0.2) is 41.8 Å². The van der Waals surface area contributed by atoms with E-state index in [1.807, 2.05) is 11.4 Å². The number of carbonyl (C=O) groups is 2. The Labute approximate surface area is 120 Å². The van der Waals surface area contributed by atoms with E-state index in [1.54, 1.807) is 37.3 Å². The third-order valence-corrected chi connectivity index (χ3v) is 3.21. The molecule has 104 valence electrons. The number of anilines is 2. The van der Waals surface area contributed by atoms with Gasteiger partial charge in [-0.25, -0.2) is 9.59 Å². The highest BCUT2D eigenvalue weighted by atomic mass is 32.1. The van der Waals surface area contributed by atoms with Gasteiger partial charge in [0, 0.05) is 0 Å². The molecule has 2 amide bonds. The van der Waals surface area contributed by atoms with Crippen molar-refractivity contribution >= 4 is 34.0 Å². The lowest BCUT2D eigenvalue weighted by Crippen LogP contribution is -2.20. The van der Waals surface area contributed by atoms with Crippen LogP contribution in [0, 0.1) is 0 Å². The Morgan fingerprint density at radius 3 is 2.65 bits per heavy atom. The van der Waals surface area contributed by atoms with Gasteiger partial charge in [0.2, 0.25) is 0 Å². The maximum absolute atomic E-state index is 11.8. The first-order valence-electron chi connectivity index (χ1n) is 6.08. The molecule has 0 aliphatic heterocycles. The maximum Gasteiger partial charge on any atom is 0.340 e. The number of benzene rings is 1. The first-order valence-corrected chi connectivity index (χ1v) is 6.96. The van der Waals surface area contributed by atoms with E-state index >= 15 is 0 Å². The topological polar surface area (TPSA) is 67.4 Å². The molecule has 2 rings (SSSR count). The van der Waals surface area contributed by atoms with Gasteiger partial charge in [-0.2, -0.15) is 0 Å². The van der Waals surface area contributed by atoms with Crippen molar-refractivity contribution in [3.05, 3.63) is 47.3 Å². The van der Waals surface area contributed by atoms with E-state index in [-0.39, 0.29) is 6.61 Å². The van der Waals surface area contributed by atoms with Gasteiger partial charge in [0.05, 0.1) is 22.9 Å². The smallest absolute Gasteiger partial charge is 0.340 e. The summed E-state index contributed by atoms with van der Waals surface area (Å²) in [6.07, 6.45) is 0. The van der Waals surface area contributed by atoms with Crippen LogP contribution in [0.2, 0.25) is 0 Å². The second kappa shape index (κ2) is 6.72. The number of hydrogen-bond acceptors (Lipinski definition) is 4. The summed E-state index contributed by atoms with van der Waals surface area (Å²) in [5.74, 6) is -0.459. The van der Waals surface area contributed by atoms with Crippen LogP contribution in [-0.2, 0) is 4.74 Å². The van der Waals surface area contributed by atoms with Crippen LogP contribution in [-0.4, -0.2) is 18.6 Å². The lowest BCUT2D eigenvalue weighted by molar-refractivity contribution is 0.0527. The van der Waals surface area contributed by atoms with Crippen molar-refractivity contribution in [2.75, 3.05) is 17.2 Å². The Balaban J connectivity index is 2.09. The average molecular weight is 290 g/mol. The molecule has 1 aromatic carbocycles. The molecule has 6 heteroatoms. The summed E-state index contributed by atoms with van der Waals surface area (Å²) < 4.78 is 4.95. The molecule has 0 saturated heterocycles. The summed E-state index contributed by atoms with van der Waals surface area (Å²) in [4.78, 5) is 23.6. The molecule has 0 aliphatic carbocycles. The van der Waals surface area contributed by atoms with Crippen LogP contribution in [0.1, 0.15) is 17.3 Å². The highest BCUT2D eigenvalue weighted by Crippen LogP contribution is 2.18. The predicted octanol–water partition coefficient (Wildman–Crippen LogP) is 3.57. The Kier molecular flexibility index (Phi) is 4.73. The van der Waals surface area contributed by atoms with E-state index in [2.05, 4.69) is 10.6 Å². The van der Waals surface area contributed by atoms with Crippen molar-refractivity contribution in [1.29, 1.82) is 0 Å². The summed E-state index contributed by atoms with van der Waals surface area (Å²) in [6, 6.07) is 9.95. The fourth-order valence-corrected chi connectivity index (χ4v) is 2.21. The summed E-state index contributed by atoms with van der Waals surface area (Å²) in [5, 5.41) is 7.92. The van der Waals surface area contributed by atoms with Crippen molar-refractivity contribution in [3.8, 4) is 0 Å². The number of urea groups is 1. The number of nitrogens with one attached hydrogen (secondary N) is 2. The van der Waals surface area contributed by atoms with E-state index in [4.69, 9.17) is 4.74 Å². The van der Waals surface area contributed by atoms with Gasteiger partial charge in [-0.1, -0.05) is 12.1 Å². The Morgan fingerprint density at radius 2 is 1.95 bits per heavy atom. The molecular formula is C14H14N2O3S. The van der Waals surface area contributed by atoms with Crippen molar-refractivity contribution in [1.82, 2.24) is 0 Å². The summed E-state index contributed by atoms with van der Waals surface area (Å²) in [7, 11) is 0. The lowest BCUT2D eigenvalue weighted by atomic mass is 10.2. The standard InChI is InChI=1S/C14H14N2O3S/c1-2-19-13(17)10-6-3-4-7-11(10)15-14(18)16-12-8-5-9-20-12/h3-9H,2H2,1H3,(H2,15,16,18). The zero-order valence-electron chi connectivity index (χ0n) is 10.9. The molecule has 0 spiro atoms. The monoisotopic (exact) mass is 290 g/mol. The van der Waals surface area contributed by atoms with Crippen molar-refractivity contribution in [3.63, 3.8) is 0 Å². The minimum absolute atomic E-state index is 0.286. The van der Waals surface area contributed by atoms with Crippen LogP contribution in [0.25, 0.3) is 0 Å². The average Bonchev–Trinajstić information content (AvgIpc) is 2.92. The second-order valence-corrected chi connectivity index (χ2v) is 4.77. The zero-order chi connectivity index (χ0) is 14.4. The molecule has 0 radical (unpaired) electrons. The largest absolute Gasteiger partial charge is 0.462 e. The van der Waals surface area contributed by atoms with Gasteiger partial charge < -0.3 is 10.1 Å². The molecule has 1 heterocycles. The molecule has 0 fully saturated rings.